The van der Waals surface area contributed by atoms with Gasteiger partial charge in [-0.25, -0.2) is 14.1 Å². The number of nitrogens with one attached hydrogen (secondary N) is 1. The molecule has 1 N–H and O–H groups in total. The van der Waals surface area contributed by atoms with Crippen molar-refractivity contribution in [1.29, 1.82) is 0 Å². The third-order valence-corrected chi connectivity index (χ3v) is 5.92. The third kappa shape index (κ3) is 5.70. The number of barbiturate groups is 1. The lowest BCUT2D eigenvalue weighted by Crippen LogP contribution is -2.54. The number of non-ortho nitro benzene ring substituents is 1. The van der Waals surface area contributed by atoms with E-state index < -0.39 is 28.6 Å². The van der Waals surface area contributed by atoms with Gasteiger partial charge in [0.2, 0.25) is 0 Å². The van der Waals surface area contributed by atoms with E-state index in [4.69, 9.17) is 9.47 Å². The zero-order chi connectivity index (χ0) is 27.4. The molecule has 1 saturated heterocycles. The number of benzene rings is 3. The van der Waals surface area contributed by atoms with Crippen LogP contribution in [0.1, 0.15) is 18.1 Å². The highest BCUT2D eigenvalue weighted by molar-refractivity contribution is 9.10. The second-order valence-electron chi connectivity index (χ2n) is 7.91. The van der Waals surface area contributed by atoms with E-state index in [1.165, 1.54) is 30.3 Å². The molecule has 38 heavy (non-hydrogen) atoms. The Labute approximate surface area is 223 Å². The molecule has 4 amide bonds. The molecule has 0 unspecified atom stereocenters. The van der Waals surface area contributed by atoms with Gasteiger partial charge in [0.1, 0.15) is 18.0 Å². The minimum atomic E-state index is -0.983. The van der Waals surface area contributed by atoms with Crippen LogP contribution in [0.4, 0.5) is 20.6 Å². The molecule has 3 aromatic rings. The van der Waals surface area contributed by atoms with Gasteiger partial charge in [-0.1, -0.05) is 12.1 Å². The minimum absolute atomic E-state index is 0.0498. The predicted molar refractivity (Wildman–Crippen MR) is 138 cm³/mol. The first-order valence-corrected chi connectivity index (χ1v) is 12.0. The maximum Gasteiger partial charge on any atom is 0.335 e. The molecule has 1 heterocycles. The zero-order valence-corrected chi connectivity index (χ0v) is 21.4. The first-order valence-electron chi connectivity index (χ1n) is 11.2. The predicted octanol–water partition coefficient (Wildman–Crippen LogP) is 5.14. The number of hydrogen-bond acceptors (Lipinski definition) is 7. The van der Waals surface area contributed by atoms with Crippen molar-refractivity contribution in [1.82, 2.24) is 5.32 Å². The molecule has 12 heteroatoms. The average Bonchev–Trinajstić information content (AvgIpc) is 2.86. The van der Waals surface area contributed by atoms with Gasteiger partial charge < -0.3 is 9.47 Å². The molecule has 1 fully saturated rings. The van der Waals surface area contributed by atoms with E-state index in [0.717, 1.165) is 12.1 Å². The van der Waals surface area contributed by atoms with E-state index in [1.807, 2.05) is 0 Å². The summed E-state index contributed by atoms with van der Waals surface area (Å²) in [5.41, 5.74) is 0.471. The van der Waals surface area contributed by atoms with Crippen LogP contribution in [0.25, 0.3) is 6.08 Å². The number of nitrogens with zero attached hydrogens (tertiary/aromatic N) is 2. The lowest BCUT2D eigenvalue weighted by molar-refractivity contribution is -0.384. The van der Waals surface area contributed by atoms with Gasteiger partial charge in [-0.3, -0.25) is 25.0 Å². The number of carbonyl (C=O) groups excluding carboxylic acids is 3. The van der Waals surface area contributed by atoms with E-state index in [9.17, 15) is 28.9 Å². The number of hydrogen-bond donors (Lipinski definition) is 1. The summed E-state index contributed by atoms with van der Waals surface area (Å²) in [4.78, 5) is 49.2. The molecule has 0 spiro atoms. The second kappa shape index (κ2) is 11.2. The summed E-state index contributed by atoms with van der Waals surface area (Å²) in [5.74, 6) is -1.57. The van der Waals surface area contributed by atoms with Crippen molar-refractivity contribution in [2.75, 3.05) is 11.5 Å². The second-order valence-corrected chi connectivity index (χ2v) is 8.77. The van der Waals surface area contributed by atoms with Crippen molar-refractivity contribution in [2.24, 2.45) is 0 Å². The molecule has 0 saturated carbocycles. The van der Waals surface area contributed by atoms with Gasteiger partial charge in [-0.05, 0) is 76.5 Å². The number of amides is 4. The molecular weight excluding hydrogens is 565 g/mol. The van der Waals surface area contributed by atoms with Crippen molar-refractivity contribution in [3.05, 3.63) is 97.8 Å². The first-order chi connectivity index (χ1) is 18.2. The van der Waals surface area contributed by atoms with Crippen LogP contribution in [-0.4, -0.2) is 29.4 Å². The lowest BCUT2D eigenvalue weighted by Gasteiger charge is -2.26. The Bertz CT molecular complexity index is 1470. The Morgan fingerprint density at radius 2 is 1.82 bits per heavy atom. The van der Waals surface area contributed by atoms with Crippen molar-refractivity contribution >= 4 is 51.2 Å². The molecule has 0 aliphatic carbocycles. The highest BCUT2D eigenvalue weighted by Gasteiger charge is 2.37. The summed E-state index contributed by atoms with van der Waals surface area (Å²) in [5, 5.41) is 13.0. The Kier molecular flexibility index (Phi) is 7.82. The summed E-state index contributed by atoms with van der Waals surface area (Å²) in [6.07, 6.45) is 1.28. The minimum Gasteiger partial charge on any atom is -0.490 e. The molecule has 194 valence electrons. The van der Waals surface area contributed by atoms with Gasteiger partial charge in [-0.15, -0.1) is 0 Å². The Morgan fingerprint density at radius 3 is 2.47 bits per heavy atom. The number of ether oxygens (including phenoxy) is 2. The molecule has 3 aromatic carbocycles. The third-order valence-electron chi connectivity index (χ3n) is 5.34. The molecule has 0 radical (unpaired) electrons. The fourth-order valence-corrected chi connectivity index (χ4v) is 4.21. The van der Waals surface area contributed by atoms with Crippen LogP contribution in [0.2, 0.25) is 0 Å². The highest BCUT2D eigenvalue weighted by atomic mass is 79.9. The highest BCUT2D eigenvalue weighted by Crippen LogP contribution is 2.38. The number of nitro groups is 1. The van der Waals surface area contributed by atoms with Crippen LogP contribution < -0.4 is 19.7 Å². The maximum atomic E-state index is 13.5. The first kappa shape index (κ1) is 26.5. The summed E-state index contributed by atoms with van der Waals surface area (Å²) in [6, 6.07) is 12.9. The van der Waals surface area contributed by atoms with Gasteiger partial charge in [0.05, 0.1) is 21.7 Å². The number of nitro benzene ring substituents is 1. The summed E-state index contributed by atoms with van der Waals surface area (Å²) in [7, 11) is 0. The topological polar surface area (TPSA) is 128 Å². The van der Waals surface area contributed by atoms with Gasteiger partial charge in [0.15, 0.2) is 11.5 Å². The van der Waals surface area contributed by atoms with E-state index in [-0.39, 0.29) is 30.2 Å². The van der Waals surface area contributed by atoms with Gasteiger partial charge >= 0.3 is 6.03 Å². The van der Waals surface area contributed by atoms with Gasteiger partial charge in [0.25, 0.3) is 17.5 Å². The van der Waals surface area contributed by atoms with Crippen molar-refractivity contribution < 1.29 is 33.2 Å². The van der Waals surface area contributed by atoms with Gasteiger partial charge in [0, 0.05) is 12.1 Å². The maximum absolute atomic E-state index is 13.5. The zero-order valence-electron chi connectivity index (χ0n) is 19.8. The molecule has 0 atom stereocenters. The van der Waals surface area contributed by atoms with E-state index >= 15 is 0 Å². The van der Waals surface area contributed by atoms with Crippen LogP contribution in [0.3, 0.4) is 0 Å². The number of imide groups is 2. The molecule has 10 nitrogen and oxygen atoms in total. The van der Waals surface area contributed by atoms with Crippen LogP contribution in [0, 0.1) is 15.9 Å². The lowest BCUT2D eigenvalue weighted by atomic mass is 10.1. The SMILES string of the molecule is CCOc1cc(/C=C2\C(=O)NC(=O)N(c3ccc([N+](=O)[O-])cc3)C2=O)cc(Br)c1OCc1cccc(F)c1. The number of carbonyl (C=O) groups is 3. The molecular formula is C26H19BrFN3O7. The average molecular weight is 584 g/mol. The molecule has 0 bridgehead atoms. The van der Waals surface area contributed by atoms with Crippen molar-refractivity contribution in [3.8, 4) is 11.5 Å². The quantitative estimate of drug-likeness (QED) is 0.168. The molecule has 4 rings (SSSR count). The summed E-state index contributed by atoms with van der Waals surface area (Å²) < 4.78 is 25.5. The number of halogens is 2. The summed E-state index contributed by atoms with van der Waals surface area (Å²) in [6.45, 7) is 2.11. The number of rotatable bonds is 8. The van der Waals surface area contributed by atoms with E-state index in [1.54, 1.807) is 31.2 Å². The van der Waals surface area contributed by atoms with E-state index in [2.05, 4.69) is 21.2 Å². The molecule has 1 aliphatic heterocycles. The van der Waals surface area contributed by atoms with Crippen LogP contribution >= 0.6 is 15.9 Å². The van der Waals surface area contributed by atoms with Gasteiger partial charge in [-0.2, -0.15) is 0 Å². The Balaban J connectivity index is 1.65. The van der Waals surface area contributed by atoms with Crippen LogP contribution in [-0.2, 0) is 16.2 Å². The number of anilines is 1. The normalized spacial score (nSPS) is 14.4. The monoisotopic (exact) mass is 583 g/mol. The fraction of sp³-hybridized carbons (Fsp3) is 0.115. The van der Waals surface area contributed by atoms with Crippen LogP contribution in [0.5, 0.6) is 11.5 Å². The van der Waals surface area contributed by atoms with Crippen molar-refractivity contribution in [3.63, 3.8) is 0 Å². The number of urea groups is 1. The van der Waals surface area contributed by atoms with Crippen LogP contribution in [0.15, 0.2) is 70.7 Å². The Hall–Kier alpha value is -4.58. The van der Waals surface area contributed by atoms with Crippen molar-refractivity contribution in [2.45, 2.75) is 13.5 Å². The summed E-state index contributed by atoms with van der Waals surface area (Å²) >= 11 is 3.41. The fourth-order valence-electron chi connectivity index (χ4n) is 3.64. The molecule has 1 aliphatic rings. The smallest absolute Gasteiger partial charge is 0.335 e. The molecule has 0 aromatic heterocycles. The van der Waals surface area contributed by atoms with E-state index in [0.29, 0.717) is 32.0 Å². The standard InChI is InChI=1S/C26H19BrFN3O7/c1-2-37-22-13-16(12-21(27)23(22)38-14-15-4-3-5-17(28)10-15)11-20-24(32)29-26(34)30(25(20)33)18-6-8-19(9-7-18)31(35)36/h3-13H,2,14H2,1H3,(H,29,32,34)/b20-11+. The Morgan fingerprint density at radius 1 is 1.08 bits per heavy atom. The largest absolute Gasteiger partial charge is 0.490 e.